The van der Waals surface area contributed by atoms with Crippen LogP contribution in [0.15, 0.2) is 66.7 Å². The second-order valence-electron chi connectivity index (χ2n) is 6.39. The zero-order valence-corrected chi connectivity index (χ0v) is 19.6. The molecular formula is C23H21Cl2F2FeN3. The Kier molecular flexibility index (Phi) is 9.53. The SMILES string of the molecule is [CH2-][N+](=C(C)c1cccc(C(C)=[N+]([CH2-])c2ccccc2F)n1)c1ccccc1F.[Cl][Fe][Cl]. The zero-order valence-electron chi connectivity index (χ0n) is 17.0. The first-order valence-electron chi connectivity index (χ1n) is 9.02. The van der Waals surface area contributed by atoms with Crippen molar-refractivity contribution in [3.05, 3.63) is 104 Å². The summed E-state index contributed by atoms with van der Waals surface area (Å²) in [5, 5.41) is 0. The van der Waals surface area contributed by atoms with Crippen LogP contribution in [0.25, 0.3) is 0 Å². The van der Waals surface area contributed by atoms with Gasteiger partial charge in [0, 0.05) is 14.1 Å². The molecule has 2 aromatic carbocycles. The molecule has 31 heavy (non-hydrogen) atoms. The molecule has 0 amide bonds. The van der Waals surface area contributed by atoms with Crippen LogP contribution < -0.4 is 0 Å². The van der Waals surface area contributed by atoms with Gasteiger partial charge in [0.05, 0.1) is 11.4 Å². The predicted octanol–water partition coefficient (Wildman–Crippen LogP) is 6.63. The molecule has 164 valence electrons. The van der Waals surface area contributed by atoms with E-state index in [2.05, 4.69) is 19.1 Å². The molecule has 0 bridgehead atoms. The van der Waals surface area contributed by atoms with Crippen molar-refractivity contribution in [1.29, 1.82) is 0 Å². The molecule has 0 radical (unpaired) electrons. The minimum absolute atomic E-state index is 0.194. The van der Waals surface area contributed by atoms with E-state index in [-0.39, 0.29) is 24.8 Å². The minimum atomic E-state index is -0.362. The molecule has 1 heterocycles. The number of pyridine rings is 1. The number of nitrogens with zero attached hydrogens (tertiary/aromatic N) is 3. The Balaban J connectivity index is 0.00000107. The topological polar surface area (TPSA) is 18.9 Å². The monoisotopic (exact) mass is 503 g/mol. The maximum atomic E-state index is 14.1. The molecule has 0 aliphatic carbocycles. The molecule has 0 fully saturated rings. The van der Waals surface area contributed by atoms with Gasteiger partial charge in [0.25, 0.3) is 0 Å². The molecule has 0 atom stereocenters. The summed E-state index contributed by atoms with van der Waals surface area (Å²) >= 11 is 0.194. The van der Waals surface area contributed by atoms with Crippen LogP contribution in [-0.4, -0.2) is 25.6 Å². The van der Waals surface area contributed by atoms with E-state index in [0.29, 0.717) is 34.2 Å². The van der Waals surface area contributed by atoms with Crippen molar-refractivity contribution in [2.24, 2.45) is 0 Å². The van der Waals surface area contributed by atoms with Gasteiger partial charge in [0.2, 0.25) is 0 Å². The Morgan fingerprint density at radius 1 is 0.742 bits per heavy atom. The Morgan fingerprint density at radius 3 is 1.45 bits per heavy atom. The molecule has 0 unspecified atom stereocenters. The second kappa shape index (κ2) is 11.9. The van der Waals surface area contributed by atoms with Crippen LogP contribution in [0.2, 0.25) is 0 Å². The van der Waals surface area contributed by atoms with Crippen LogP contribution in [0.5, 0.6) is 0 Å². The third-order valence-electron chi connectivity index (χ3n) is 4.59. The molecular weight excluding hydrogens is 483 g/mol. The Hall–Kier alpha value is -2.37. The number of benzene rings is 2. The third kappa shape index (κ3) is 6.31. The summed E-state index contributed by atoms with van der Waals surface area (Å²) in [4.78, 5) is 4.64. The van der Waals surface area contributed by atoms with Gasteiger partial charge in [-0.1, -0.05) is 30.3 Å². The first-order chi connectivity index (χ1) is 14.8. The molecule has 0 aliphatic rings. The fourth-order valence-corrected chi connectivity index (χ4v) is 2.82. The van der Waals surface area contributed by atoms with Crippen molar-refractivity contribution < 1.29 is 31.1 Å². The van der Waals surface area contributed by atoms with Crippen LogP contribution in [0, 0.1) is 25.7 Å². The van der Waals surface area contributed by atoms with E-state index in [0.717, 1.165) is 0 Å². The summed E-state index contributed by atoms with van der Waals surface area (Å²) in [6, 6.07) is 18.3. The van der Waals surface area contributed by atoms with Gasteiger partial charge in [-0.2, -0.15) is 0 Å². The van der Waals surface area contributed by atoms with Crippen molar-refractivity contribution in [3.8, 4) is 0 Å². The zero-order chi connectivity index (χ0) is 23.0. The van der Waals surface area contributed by atoms with Gasteiger partial charge in [0.15, 0.2) is 0 Å². The van der Waals surface area contributed by atoms with Crippen molar-refractivity contribution in [2.75, 3.05) is 0 Å². The molecule has 0 aliphatic heterocycles. The maximum absolute atomic E-state index is 14.1. The summed E-state index contributed by atoms with van der Waals surface area (Å²) in [5.41, 5.74) is 3.35. The summed E-state index contributed by atoms with van der Waals surface area (Å²) in [6.45, 7) is 3.64. The van der Waals surface area contributed by atoms with Gasteiger partial charge >= 0.3 is 33.3 Å². The molecule has 0 N–H and O–H groups in total. The van der Waals surface area contributed by atoms with Gasteiger partial charge in [-0.3, -0.25) is 4.98 Å². The van der Waals surface area contributed by atoms with Crippen molar-refractivity contribution in [3.63, 3.8) is 0 Å². The normalized spacial score (nSPS) is 12.5. The quantitative estimate of drug-likeness (QED) is 0.169. The van der Waals surface area contributed by atoms with Crippen LogP contribution >= 0.6 is 20.2 Å². The van der Waals surface area contributed by atoms with Gasteiger partial charge in [0.1, 0.15) is 34.4 Å². The van der Waals surface area contributed by atoms with E-state index in [1.54, 1.807) is 36.4 Å². The van der Waals surface area contributed by atoms with Crippen LogP contribution in [0.1, 0.15) is 25.2 Å². The Labute approximate surface area is 196 Å². The summed E-state index contributed by atoms with van der Waals surface area (Å²) in [5.74, 6) is -0.724. The first-order valence-corrected chi connectivity index (χ1v) is 12.1. The van der Waals surface area contributed by atoms with E-state index in [1.165, 1.54) is 21.3 Å². The summed E-state index contributed by atoms with van der Waals surface area (Å²) in [6.07, 6.45) is 0. The fraction of sp³-hybridized carbons (Fsp3) is 0.0870. The van der Waals surface area contributed by atoms with Gasteiger partial charge in [-0.15, -0.1) is 0 Å². The molecule has 3 rings (SSSR count). The van der Waals surface area contributed by atoms with Crippen molar-refractivity contribution in [2.45, 2.75) is 13.8 Å². The first kappa shape index (κ1) is 24.9. The number of halogens is 4. The van der Waals surface area contributed by atoms with Gasteiger partial charge < -0.3 is 9.15 Å². The Bertz CT molecular complexity index is 1030. The average molecular weight is 504 g/mol. The molecule has 8 heteroatoms. The van der Waals surface area contributed by atoms with E-state index >= 15 is 0 Å². The Morgan fingerprint density at radius 2 is 1.10 bits per heavy atom. The van der Waals surface area contributed by atoms with E-state index in [1.807, 2.05) is 32.0 Å². The van der Waals surface area contributed by atoms with E-state index < -0.39 is 0 Å². The molecule has 1 aromatic heterocycles. The average Bonchev–Trinajstić information content (AvgIpc) is 2.78. The van der Waals surface area contributed by atoms with Crippen LogP contribution in [0.4, 0.5) is 20.2 Å². The number of aromatic nitrogens is 1. The van der Waals surface area contributed by atoms with Gasteiger partial charge in [-0.25, -0.2) is 8.78 Å². The molecule has 0 spiro atoms. The van der Waals surface area contributed by atoms with Crippen LogP contribution in [0.3, 0.4) is 0 Å². The molecule has 3 nitrogen and oxygen atoms in total. The fourth-order valence-electron chi connectivity index (χ4n) is 2.82. The van der Waals surface area contributed by atoms with E-state index in [4.69, 9.17) is 20.2 Å². The summed E-state index contributed by atoms with van der Waals surface area (Å²) in [7, 11) is 17.4. The van der Waals surface area contributed by atoms with E-state index in [9.17, 15) is 8.78 Å². The van der Waals surface area contributed by atoms with Crippen molar-refractivity contribution in [1.82, 2.24) is 4.98 Å². The third-order valence-corrected chi connectivity index (χ3v) is 4.59. The molecule has 0 saturated carbocycles. The second-order valence-corrected chi connectivity index (χ2v) is 8.21. The molecule has 3 aromatic rings. The summed E-state index contributed by atoms with van der Waals surface area (Å²) < 4.78 is 31.2. The predicted molar refractivity (Wildman–Crippen MR) is 119 cm³/mol. The van der Waals surface area contributed by atoms with Crippen molar-refractivity contribution >= 4 is 43.0 Å². The van der Waals surface area contributed by atoms with Gasteiger partial charge in [-0.05, 0) is 50.2 Å². The number of para-hydroxylation sites is 2. The molecule has 0 saturated heterocycles. The standard InChI is InChI=1S/C23H21F2N3.2ClH.Fe/c1-16(27(3)22-14-7-5-10-18(22)24)20-12-9-13-21(26-20)17(2)28(4)23-15-8-6-11-19(23)25;;;/h5-15H,3-4H2,1-2H3;2*1H;/q;;;+2/p-2. The number of hydrogen-bond acceptors (Lipinski definition) is 1. The van der Waals surface area contributed by atoms with Crippen LogP contribution in [-0.2, 0) is 13.1 Å². The number of rotatable bonds is 4. The number of hydrogen-bond donors (Lipinski definition) is 0.